The van der Waals surface area contributed by atoms with Crippen LogP contribution in [0.2, 0.25) is 0 Å². The molecule has 1 atom stereocenters. The Morgan fingerprint density at radius 1 is 1.26 bits per heavy atom. The molecule has 6 heteroatoms. The number of hydrogen-bond donors (Lipinski definition) is 1. The molecule has 1 aromatic heterocycles. The van der Waals surface area contributed by atoms with Gasteiger partial charge in [-0.3, -0.25) is 4.79 Å². The van der Waals surface area contributed by atoms with Gasteiger partial charge in [0, 0.05) is 42.8 Å². The molecule has 3 heterocycles. The third kappa shape index (κ3) is 2.62. The maximum absolute atomic E-state index is 11.8. The van der Waals surface area contributed by atoms with E-state index in [4.69, 9.17) is 4.98 Å². The molecule has 0 aliphatic carbocycles. The van der Waals surface area contributed by atoms with Crippen molar-refractivity contribution in [1.29, 1.82) is 0 Å². The van der Waals surface area contributed by atoms with Gasteiger partial charge >= 0.3 is 0 Å². The lowest BCUT2D eigenvalue weighted by Crippen LogP contribution is -2.44. The van der Waals surface area contributed by atoms with Crippen LogP contribution < -0.4 is 10.2 Å². The van der Waals surface area contributed by atoms with Crippen LogP contribution >= 0.6 is 11.3 Å². The lowest BCUT2D eigenvalue weighted by molar-refractivity contribution is -0.116. The molecule has 0 unspecified atom stereocenters. The van der Waals surface area contributed by atoms with E-state index in [1.165, 1.54) is 0 Å². The number of piperazine rings is 1. The molecule has 23 heavy (non-hydrogen) atoms. The molecule has 2 aliphatic rings. The summed E-state index contributed by atoms with van der Waals surface area (Å²) < 4.78 is 0. The van der Waals surface area contributed by atoms with Crippen molar-refractivity contribution in [1.82, 2.24) is 9.88 Å². The Hall–Kier alpha value is -1.92. The molecule has 1 amide bonds. The standard InChI is InChI=1S/C17H20N4OS/c1-11-13-9-12(3-4-14(13)18-16(11)22)15-10-23-17(19-15)21-7-5-20(2)6-8-21/h3-4,9-11H,5-8H2,1-2H3,(H,18,22)/t11-/m0/s1. The van der Waals surface area contributed by atoms with Crippen LogP contribution in [0.1, 0.15) is 18.4 Å². The number of nitrogens with zero attached hydrogens (tertiary/aromatic N) is 3. The highest BCUT2D eigenvalue weighted by Crippen LogP contribution is 2.36. The fourth-order valence-corrected chi connectivity index (χ4v) is 4.00. The van der Waals surface area contributed by atoms with E-state index in [9.17, 15) is 4.79 Å². The Balaban J connectivity index is 1.59. The Kier molecular flexibility index (Phi) is 3.58. The maximum Gasteiger partial charge on any atom is 0.231 e. The fraction of sp³-hybridized carbons (Fsp3) is 0.412. The van der Waals surface area contributed by atoms with Crippen molar-refractivity contribution < 1.29 is 4.79 Å². The van der Waals surface area contributed by atoms with Gasteiger partial charge in [0.15, 0.2) is 5.13 Å². The molecule has 0 saturated carbocycles. The van der Waals surface area contributed by atoms with E-state index < -0.39 is 0 Å². The molecule has 1 saturated heterocycles. The Morgan fingerprint density at radius 2 is 2.04 bits per heavy atom. The first-order chi connectivity index (χ1) is 11.1. The number of thiazole rings is 1. The monoisotopic (exact) mass is 328 g/mol. The van der Waals surface area contributed by atoms with E-state index in [1.54, 1.807) is 11.3 Å². The molecule has 0 radical (unpaired) electrons. The van der Waals surface area contributed by atoms with Crippen molar-refractivity contribution in [3.8, 4) is 11.3 Å². The summed E-state index contributed by atoms with van der Waals surface area (Å²) in [5.41, 5.74) is 4.09. The lowest BCUT2D eigenvalue weighted by atomic mass is 10.00. The number of carbonyl (C=O) groups is 1. The summed E-state index contributed by atoms with van der Waals surface area (Å²) in [5, 5.41) is 6.13. The third-order valence-corrected chi connectivity index (χ3v) is 5.63. The van der Waals surface area contributed by atoms with Gasteiger partial charge in [-0.1, -0.05) is 6.07 Å². The molecule has 0 spiro atoms. The van der Waals surface area contributed by atoms with Crippen molar-refractivity contribution in [3.05, 3.63) is 29.1 Å². The smallest absolute Gasteiger partial charge is 0.231 e. The molecular weight excluding hydrogens is 308 g/mol. The molecule has 120 valence electrons. The van der Waals surface area contributed by atoms with Crippen molar-refractivity contribution in [2.45, 2.75) is 12.8 Å². The van der Waals surface area contributed by atoms with Gasteiger partial charge in [-0.05, 0) is 31.7 Å². The number of nitrogens with one attached hydrogen (secondary N) is 1. The van der Waals surface area contributed by atoms with Gasteiger partial charge in [0.05, 0.1) is 11.6 Å². The minimum absolute atomic E-state index is 0.0774. The van der Waals surface area contributed by atoms with Crippen LogP contribution in [0.25, 0.3) is 11.3 Å². The second kappa shape index (κ2) is 5.62. The average Bonchev–Trinajstić information content (AvgIpc) is 3.14. The predicted molar refractivity (Wildman–Crippen MR) is 94.3 cm³/mol. The molecule has 1 aromatic carbocycles. The SMILES string of the molecule is C[C@@H]1C(=O)Nc2ccc(-c3csc(N4CCN(C)CC4)n3)cc21. The van der Waals surface area contributed by atoms with Crippen LogP contribution in [0.15, 0.2) is 23.6 Å². The van der Waals surface area contributed by atoms with Crippen LogP contribution in [0.5, 0.6) is 0 Å². The number of carbonyl (C=O) groups excluding carboxylic acids is 1. The maximum atomic E-state index is 11.8. The largest absolute Gasteiger partial charge is 0.346 e. The summed E-state index contributed by atoms with van der Waals surface area (Å²) in [4.78, 5) is 21.3. The van der Waals surface area contributed by atoms with E-state index in [0.717, 1.165) is 53.8 Å². The normalized spacial score (nSPS) is 21.4. The molecule has 1 N–H and O–H groups in total. The van der Waals surface area contributed by atoms with E-state index >= 15 is 0 Å². The van der Waals surface area contributed by atoms with Gasteiger partial charge in [0.1, 0.15) is 0 Å². The molecule has 2 aliphatic heterocycles. The second-order valence-corrected chi connectivity index (χ2v) is 7.16. The Labute approximate surface area is 139 Å². The lowest BCUT2D eigenvalue weighted by Gasteiger charge is -2.32. The number of aromatic nitrogens is 1. The van der Waals surface area contributed by atoms with Gasteiger partial charge in [0.2, 0.25) is 5.91 Å². The highest BCUT2D eigenvalue weighted by atomic mass is 32.1. The van der Waals surface area contributed by atoms with Crippen molar-refractivity contribution in [3.63, 3.8) is 0 Å². The van der Waals surface area contributed by atoms with Crippen LogP contribution in [0.3, 0.4) is 0 Å². The van der Waals surface area contributed by atoms with E-state index in [2.05, 4.69) is 33.6 Å². The summed E-state index contributed by atoms with van der Waals surface area (Å²) in [6.07, 6.45) is 0. The first-order valence-electron chi connectivity index (χ1n) is 7.96. The first kappa shape index (κ1) is 14.7. The number of benzene rings is 1. The number of fused-ring (bicyclic) bond motifs is 1. The van der Waals surface area contributed by atoms with Crippen LogP contribution in [-0.2, 0) is 4.79 Å². The van der Waals surface area contributed by atoms with Crippen molar-refractivity contribution >= 4 is 28.1 Å². The zero-order chi connectivity index (χ0) is 16.0. The molecule has 2 aromatic rings. The van der Waals surface area contributed by atoms with Crippen LogP contribution in [-0.4, -0.2) is 49.0 Å². The Bertz CT molecular complexity index is 749. The fourth-order valence-electron chi connectivity index (χ4n) is 3.12. The number of amides is 1. The molecular formula is C17H20N4OS. The molecule has 0 bridgehead atoms. The first-order valence-corrected chi connectivity index (χ1v) is 8.84. The summed E-state index contributed by atoms with van der Waals surface area (Å²) in [5.74, 6) is -0.00533. The van der Waals surface area contributed by atoms with Gasteiger partial charge in [-0.2, -0.15) is 0 Å². The Morgan fingerprint density at radius 3 is 2.83 bits per heavy atom. The average molecular weight is 328 g/mol. The second-order valence-electron chi connectivity index (χ2n) is 6.32. The number of rotatable bonds is 2. The van der Waals surface area contributed by atoms with E-state index in [0.29, 0.717) is 0 Å². The minimum atomic E-state index is -0.0827. The zero-order valence-electron chi connectivity index (χ0n) is 13.4. The molecule has 5 nitrogen and oxygen atoms in total. The van der Waals surface area contributed by atoms with E-state index in [1.807, 2.05) is 19.1 Å². The number of hydrogen-bond acceptors (Lipinski definition) is 5. The molecule has 1 fully saturated rings. The topological polar surface area (TPSA) is 48.5 Å². The van der Waals surface area contributed by atoms with Crippen molar-refractivity contribution in [2.24, 2.45) is 0 Å². The highest BCUT2D eigenvalue weighted by molar-refractivity contribution is 7.14. The summed E-state index contributed by atoms with van der Waals surface area (Å²) >= 11 is 1.70. The zero-order valence-corrected chi connectivity index (χ0v) is 14.2. The molecule has 4 rings (SSSR count). The van der Waals surface area contributed by atoms with Gasteiger partial charge < -0.3 is 15.1 Å². The van der Waals surface area contributed by atoms with Crippen LogP contribution in [0, 0.1) is 0 Å². The summed E-state index contributed by atoms with van der Waals surface area (Å²) in [7, 11) is 2.16. The van der Waals surface area contributed by atoms with Gasteiger partial charge in [-0.25, -0.2) is 4.98 Å². The predicted octanol–water partition coefficient (Wildman–Crippen LogP) is 2.62. The number of likely N-dealkylation sites (N-methyl/N-ethyl adjacent to an activating group) is 1. The van der Waals surface area contributed by atoms with Gasteiger partial charge in [0.25, 0.3) is 0 Å². The van der Waals surface area contributed by atoms with Crippen LogP contribution in [0.4, 0.5) is 10.8 Å². The van der Waals surface area contributed by atoms with Crippen molar-refractivity contribution in [2.75, 3.05) is 43.4 Å². The summed E-state index contributed by atoms with van der Waals surface area (Å²) in [6, 6.07) is 6.13. The minimum Gasteiger partial charge on any atom is -0.346 e. The van der Waals surface area contributed by atoms with E-state index in [-0.39, 0.29) is 11.8 Å². The quantitative estimate of drug-likeness (QED) is 0.921. The third-order valence-electron chi connectivity index (χ3n) is 4.73. The number of anilines is 2. The van der Waals surface area contributed by atoms with Gasteiger partial charge in [-0.15, -0.1) is 11.3 Å². The highest BCUT2D eigenvalue weighted by Gasteiger charge is 2.27. The summed E-state index contributed by atoms with van der Waals surface area (Å²) in [6.45, 7) is 6.17.